The molecule has 0 unspecified atom stereocenters. The van der Waals surface area contributed by atoms with Gasteiger partial charge >= 0.3 is 0 Å². The highest BCUT2D eigenvalue weighted by Crippen LogP contribution is 2.41. The zero-order chi connectivity index (χ0) is 17.3. The molecule has 1 amide bonds. The van der Waals surface area contributed by atoms with Crippen LogP contribution in [0.4, 0.5) is 0 Å². The van der Waals surface area contributed by atoms with Gasteiger partial charge in [0.25, 0.3) is 0 Å². The van der Waals surface area contributed by atoms with Gasteiger partial charge in [0.1, 0.15) is 0 Å². The summed E-state index contributed by atoms with van der Waals surface area (Å²) in [6.07, 6.45) is 8.28. The summed E-state index contributed by atoms with van der Waals surface area (Å²) in [6, 6.07) is 0. The number of ether oxygens (including phenoxy) is 1. The molecule has 2 saturated carbocycles. The van der Waals surface area contributed by atoms with Gasteiger partial charge in [0, 0.05) is 45.8 Å². The predicted molar refractivity (Wildman–Crippen MR) is 113 cm³/mol. The maximum absolute atomic E-state index is 11.6. The van der Waals surface area contributed by atoms with Crippen molar-refractivity contribution in [1.29, 1.82) is 0 Å². The molecule has 0 saturated heterocycles. The first-order valence-electron chi connectivity index (χ1n) is 9.48. The van der Waals surface area contributed by atoms with Crippen LogP contribution in [0.15, 0.2) is 4.99 Å². The molecule has 0 aromatic carbocycles. The van der Waals surface area contributed by atoms with Gasteiger partial charge in [0.2, 0.25) is 5.91 Å². The lowest BCUT2D eigenvalue weighted by Gasteiger charge is -2.27. The Kier molecular flexibility index (Phi) is 10.7. The summed E-state index contributed by atoms with van der Waals surface area (Å²) in [7, 11) is 1.77. The highest BCUT2D eigenvalue weighted by atomic mass is 127. The van der Waals surface area contributed by atoms with Crippen LogP contribution in [0.25, 0.3) is 0 Å². The van der Waals surface area contributed by atoms with Crippen LogP contribution in [0.5, 0.6) is 0 Å². The van der Waals surface area contributed by atoms with Crippen molar-refractivity contribution in [3.05, 3.63) is 0 Å². The van der Waals surface area contributed by atoms with Crippen molar-refractivity contribution < 1.29 is 9.53 Å². The number of carbonyl (C=O) groups is 1. The number of nitrogens with one attached hydrogen (secondary N) is 3. The second-order valence-corrected chi connectivity index (χ2v) is 7.14. The largest absolute Gasteiger partial charge is 0.385 e. The first kappa shape index (κ1) is 22.5. The summed E-state index contributed by atoms with van der Waals surface area (Å²) in [4.78, 5) is 16.4. The molecule has 0 bridgehead atoms. The van der Waals surface area contributed by atoms with Crippen LogP contribution in [0.2, 0.25) is 0 Å². The Hall–Kier alpha value is -0.570. The van der Waals surface area contributed by atoms with Gasteiger partial charge in [-0.1, -0.05) is 12.8 Å². The summed E-state index contributed by atoms with van der Waals surface area (Å²) in [5, 5.41) is 9.60. The molecule has 0 radical (unpaired) electrons. The third kappa shape index (κ3) is 8.11. The van der Waals surface area contributed by atoms with E-state index >= 15 is 0 Å². The van der Waals surface area contributed by atoms with Gasteiger partial charge in [-0.25, -0.2) is 0 Å². The first-order chi connectivity index (χ1) is 11.7. The van der Waals surface area contributed by atoms with Crippen molar-refractivity contribution in [2.45, 2.75) is 51.9 Å². The Bertz CT molecular complexity index is 421. The number of aliphatic imine (C=N–C) groups is 1. The van der Waals surface area contributed by atoms with E-state index in [1.54, 1.807) is 7.11 Å². The van der Waals surface area contributed by atoms with E-state index in [4.69, 9.17) is 9.73 Å². The quantitative estimate of drug-likeness (QED) is 0.200. The van der Waals surface area contributed by atoms with E-state index in [1.165, 1.54) is 25.7 Å². The topological polar surface area (TPSA) is 74.8 Å². The second-order valence-electron chi connectivity index (χ2n) is 7.14. The highest BCUT2D eigenvalue weighted by Gasteiger charge is 2.33. The lowest BCUT2D eigenvalue weighted by molar-refractivity contribution is -0.122. The van der Waals surface area contributed by atoms with E-state index in [2.05, 4.69) is 22.9 Å². The number of carbonyl (C=O) groups excluding carboxylic acids is 1. The number of hydrogen-bond donors (Lipinski definition) is 3. The SMILES string of the molecule is CCNC(=NCC1(CCOC)CCCC1)NCCNC(=O)C1CC1.I. The van der Waals surface area contributed by atoms with E-state index in [-0.39, 0.29) is 35.8 Å². The normalized spacial score (nSPS) is 19.2. The van der Waals surface area contributed by atoms with Crippen molar-refractivity contribution in [3.8, 4) is 0 Å². The molecular weight excluding hydrogens is 431 g/mol. The number of guanidine groups is 1. The third-order valence-corrected chi connectivity index (χ3v) is 5.08. The standard InChI is InChI=1S/C18H34N4O2.HI/c1-3-19-17(21-12-11-20-16(23)15-6-7-15)22-14-18(10-13-24-2)8-4-5-9-18;/h15H,3-14H2,1-2H3,(H,20,23)(H2,19,21,22);1H. The van der Waals surface area contributed by atoms with Crippen LogP contribution in [-0.2, 0) is 9.53 Å². The monoisotopic (exact) mass is 466 g/mol. The third-order valence-electron chi connectivity index (χ3n) is 5.08. The van der Waals surface area contributed by atoms with Crippen molar-refractivity contribution in [2.75, 3.05) is 39.9 Å². The molecule has 0 atom stereocenters. The highest BCUT2D eigenvalue weighted by molar-refractivity contribution is 14.0. The summed E-state index contributed by atoms with van der Waals surface area (Å²) in [5.74, 6) is 1.32. The van der Waals surface area contributed by atoms with Crippen LogP contribution in [0.1, 0.15) is 51.9 Å². The molecule has 0 aromatic heterocycles. The van der Waals surface area contributed by atoms with Crippen LogP contribution in [0.3, 0.4) is 0 Å². The molecule has 0 heterocycles. The van der Waals surface area contributed by atoms with Gasteiger partial charge in [-0.3, -0.25) is 9.79 Å². The smallest absolute Gasteiger partial charge is 0.223 e. The van der Waals surface area contributed by atoms with Gasteiger partial charge in [-0.15, -0.1) is 24.0 Å². The summed E-state index contributed by atoms with van der Waals surface area (Å²) in [6.45, 7) is 5.92. The van der Waals surface area contributed by atoms with Crippen LogP contribution in [-0.4, -0.2) is 51.8 Å². The number of rotatable bonds is 10. The molecule has 0 aromatic rings. The van der Waals surface area contributed by atoms with Crippen LogP contribution < -0.4 is 16.0 Å². The maximum Gasteiger partial charge on any atom is 0.223 e. The van der Waals surface area contributed by atoms with Gasteiger partial charge in [-0.2, -0.15) is 0 Å². The van der Waals surface area contributed by atoms with E-state index < -0.39 is 0 Å². The minimum atomic E-state index is 0. The first-order valence-corrected chi connectivity index (χ1v) is 9.48. The summed E-state index contributed by atoms with van der Waals surface area (Å²) in [5.41, 5.74) is 0.304. The number of nitrogens with zero attached hydrogens (tertiary/aromatic N) is 1. The number of amides is 1. The molecule has 6 nitrogen and oxygen atoms in total. The number of hydrogen-bond acceptors (Lipinski definition) is 3. The second kappa shape index (κ2) is 11.9. The minimum absolute atomic E-state index is 0. The number of halogens is 1. The fraction of sp³-hybridized carbons (Fsp3) is 0.889. The van der Waals surface area contributed by atoms with Crippen molar-refractivity contribution in [3.63, 3.8) is 0 Å². The molecule has 0 aliphatic heterocycles. The fourth-order valence-electron chi connectivity index (χ4n) is 3.38. The molecule has 0 spiro atoms. The minimum Gasteiger partial charge on any atom is -0.385 e. The van der Waals surface area contributed by atoms with Gasteiger partial charge in [0.15, 0.2) is 5.96 Å². The van der Waals surface area contributed by atoms with Crippen LogP contribution >= 0.6 is 24.0 Å². The Balaban J connectivity index is 0.00000312. The van der Waals surface area contributed by atoms with E-state index in [9.17, 15) is 4.79 Å². The van der Waals surface area contributed by atoms with Gasteiger partial charge in [-0.05, 0) is 44.4 Å². The van der Waals surface area contributed by atoms with Crippen molar-refractivity contribution in [2.24, 2.45) is 16.3 Å². The fourth-order valence-corrected chi connectivity index (χ4v) is 3.38. The Morgan fingerprint density at radius 1 is 1.16 bits per heavy atom. The van der Waals surface area contributed by atoms with Crippen molar-refractivity contribution >= 4 is 35.8 Å². The molecule has 2 aliphatic carbocycles. The molecule has 7 heteroatoms. The molecular formula is C18H35IN4O2. The van der Waals surface area contributed by atoms with E-state index in [1.807, 2.05) is 0 Å². The molecule has 25 heavy (non-hydrogen) atoms. The van der Waals surface area contributed by atoms with Crippen molar-refractivity contribution in [1.82, 2.24) is 16.0 Å². The molecule has 2 aliphatic rings. The lowest BCUT2D eigenvalue weighted by atomic mass is 9.83. The number of methoxy groups -OCH3 is 1. The molecule has 146 valence electrons. The summed E-state index contributed by atoms with van der Waals surface area (Å²) >= 11 is 0. The maximum atomic E-state index is 11.6. The Labute approximate surface area is 169 Å². The molecule has 3 N–H and O–H groups in total. The molecule has 2 rings (SSSR count). The van der Waals surface area contributed by atoms with Gasteiger partial charge in [0.05, 0.1) is 0 Å². The predicted octanol–water partition coefficient (Wildman–Crippen LogP) is 2.28. The zero-order valence-electron chi connectivity index (χ0n) is 15.7. The average Bonchev–Trinajstić information content (AvgIpc) is 3.34. The van der Waals surface area contributed by atoms with Crippen LogP contribution in [0, 0.1) is 11.3 Å². The van der Waals surface area contributed by atoms with Gasteiger partial charge < -0.3 is 20.7 Å². The lowest BCUT2D eigenvalue weighted by Crippen LogP contribution is -2.42. The Morgan fingerprint density at radius 2 is 1.84 bits per heavy atom. The average molecular weight is 466 g/mol. The van der Waals surface area contributed by atoms with E-state index in [0.717, 1.165) is 44.9 Å². The van der Waals surface area contributed by atoms with E-state index in [0.29, 0.717) is 18.5 Å². The molecule has 2 fully saturated rings. The summed E-state index contributed by atoms with van der Waals surface area (Å²) < 4.78 is 5.29. The Morgan fingerprint density at radius 3 is 2.44 bits per heavy atom. The zero-order valence-corrected chi connectivity index (χ0v) is 18.1.